The number of halogens is 1. The Morgan fingerprint density at radius 3 is 2.92 bits per heavy atom. The highest BCUT2D eigenvalue weighted by atomic mass is 79.9. The van der Waals surface area contributed by atoms with Crippen molar-refractivity contribution in [3.8, 4) is 5.75 Å². The minimum Gasteiger partial charge on any atom is -0.491 e. The molecule has 2 aromatic carbocycles. The first-order valence-electron chi connectivity index (χ1n) is 8.53. The number of ether oxygens (including phenoxy) is 2. The number of nitrogens with one attached hydrogen (secondary N) is 1. The molecule has 1 saturated heterocycles. The second kappa shape index (κ2) is 7.51. The molecule has 1 unspecified atom stereocenters. The highest BCUT2D eigenvalue weighted by Gasteiger charge is 2.17. The Morgan fingerprint density at radius 2 is 2.12 bits per heavy atom. The number of para-hydroxylation sites is 1. The zero-order chi connectivity index (χ0) is 17.9. The van der Waals surface area contributed by atoms with Crippen LogP contribution in [-0.4, -0.2) is 25.2 Å². The van der Waals surface area contributed by atoms with Gasteiger partial charge in [0.1, 0.15) is 17.9 Å². The number of amides is 1. The van der Waals surface area contributed by atoms with Crippen molar-refractivity contribution in [2.24, 2.45) is 0 Å². The van der Waals surface area contributed by atoms with Crippen LogP contribution >= 0.6 is 15.9 Å². The number of carbonyl (C=O) groups is 1. The average molecular weight is 416 g/mol. The third-order valence-electron chi connectivity index (χ3n) is 4.27. The van der Waals surface area contributed by atoms with Crippen molar-refractivity contribution in [3.63, 3.8) is 0 Å². The fourth-order valence-electron chi connectivity index (χ4n) is 2.96. The highest BCUT2D eigenvalue weighted by molar-refractivity contribution is 9.10. The quantitative estimate of drug-likeness (QED) is 0.636. The molecule has 0 bridgehead atoms. The summed E-state index contributed by atoms with van der Waals surface area (Å²) < 4.78 is 17.8. The first kappa shape index (κ1) is 17.1. The zero-order valence-electron chi connectivity index (χ0n) is 14.0. The summed E-state index contributed by atoms with van der Waals surface area (Å²) in [6.45, 7) is 1.33. The van der Waals surface area contributed by atoms with Crippen LogP contribution in [0.3, 0.4) is 0 Å². The Labute approximate surface area is 159 Å². The van der Waals surface area contributed by atoms with Crippen LogP contribution in [0.25, 0.3) is 11.0 Å². The minimum absolute atomic E-state index is 0.155. The van der Waals surface area contributed by atoms with Crippen LogP contribution in [0.2, 0.25) is 0 Å². The molecule has 0 aliphatic carbocycles. The van der Waals surface area contributed by atoms with Gasteiger partial charge in [0.25, 0.3) is 5.91 Å². The number of carbonyl (C=O) groups excluding carboxylic acids is 1. The maximum Gasteiger partial charge on any atom is 0.291 e. The van der Waals surface area contributed by atoms with E-state index in [1.54, 1.807) is 12.1 Å². The van der Waals surface area contributed by atoms with Gasteiger partial charge < -0.3 is 19.2 Å². The number of rotatable bonds is 5. The van der Waals surface area contributed by atoms with Gasteiger partial charge in [0.2, 0.25) is 0 Å². The molecule has 0 radical (unpaired) electrons. The van der Waals surface area contributed by atoms with Crippen molar-refractivity contribution in [3.05, 3.63) is 58.8 Å². The lowest BCUT2D eigenvalue weighted by Crippen LogP contribution is -2.16. The predicted octanol–water partition coefficient (Wildman–Crippen LogP) is 5.01. The van der Waals surface area contributed by atoms with E-state index >= 15 is 0 Å². The summed E-state index contributed by atoms with van der Waals surface area (Å²) in [6.07, 6.45) is 2.26. The molecule has 2 heterocycles. The van der Waals surface area contributed by atoms with Crippen LogP contribution < -0.4 is 10.1 Å². The molecular formula is C20H18BrNO4. The number of fused-ring (bicyclic) bond motifs is 1. The van der Waals surface area contributed by atoms with Crippen molar-refractivity contribution in [2.75, 3.05) is 18.5 Å². The van der Waals surface area contributed by atoms with Gasteiger partial charge in [-0.15, -0.1) is 0 Å². The van der Waals surface area contributed by atoms with E-state index in [1.165, 1.54) is 0 Å². The molecule has 1 amide bonds. The van der Waals surface area contributed by atoms with E-state index < -0.39 is 0 Å². The van der Waals surface area contributed by atoms with Crippen LogP contribution in [0.15, 0.2) is 57.4 Å². The van der Waals surface area contributed by atoms with Gasteiger partial charge in [-0.2, -0.15) is 0 Å². The Kier molecular flexibility index (Phi) is 4.95. The van der Waals surface area contributed by atoms with E-state index in [1.807, 2.05) is 36.4 Å². The van der Waals surface area contributed by atoms with Crippen LogP contribution in [0.1, 0.15) is 23.4 Å². The maximum atomic E-state index is 12.5. The number of hydrogen-bond acceptors (Lipinski definition) is 4. The van der Waals surface area contributed by atoms with Gasteiger partial charge >= 0.3 is 0 Å². The maximum absolute atomic E-state index is 12.5. The highest BCUT2D eigenvalue weighted by Crippen LogP contribution is 2.27. The van der Waals surface area contributed by atoms with Crippen LogP contribution in [-0.2, 0) is 4.74 Å². The molecule has 1 fully saturated rings. The lowest BCUT2D eigenvalue weighted by atomic mass is 10.2. The minimum atomic E-state index is -0.302. The summed E-state index contributed by atoms with van der Waals surface area (Å²) in [7, 11) is 0. The molecule has 4 rings (SSSR count). The van der Waals surface area contributed by atoms with E-state index in [2.05, 4.69) is 21.2 Å². The molecule has 1 aliphatic heterocycles. The molecule has 3 aromatic rings. The molecule has 26 heavy (non-hydrogen) atoms. The van der Waals surface area contributed by atoms with Gasteiger partial charge in [-0.1, -0.05) is 18.2 Å². The molecule has 0 spiro atoms. The molecule has 5 nitrogen and oxygen atoms in total. The lowest BCUT2D eigenvalue weighted by Gasteiger charge is -2.12. The fraction of sp³-hybridized carbons (Fsp3) is 0.250. The lowest BCUT2D eigenvalue weighted by molar-refractivity contribution is 0.0680. The monoisotopic (exact) mass is 415 g/mol. The van der Waals surface area contributed by atoms with Gasteiger partial charge in [0.05, 0.1) is 10.6 Å². The largest absolute Gasteiger partial charge is 0.491 e. The molecule has 1 N–H and O–H groups in total. The number of benzene rings is 2. The Balaban J connectivity index is 1.44. The zero-order valence-corrected chi connectivity index (χ0v) is 15.6. The topological polar surface area (TPSA) is 60.7 Å². The number of hydrogen-bond donors (Lipinski definition) is 1. The van der Waals surface area contributed by atoms with Crippen molar-refractivity contribution < 1.29 is 18.7 Å². The Hall–Kier alpha value is -2.31. The van der Waals surface area contributed by atoms with Gasteiger partial charge in [0, 0.05) is 23.7 Å². The van der Waals surface area contributed by atoms with Crippen molar-refractivity contribution in [1.82, 2.24) is 0 Å². The third-order valence-corrected chi connectivity index (χ3v) is 4.90. The molecule has 1 atom stereocenters. The number of furan rings is 1. The molecule has 1 aromatic heterocycles. The fourth-order valence-corrected chi connectivity index (χ4v) is 3.42. The first-order valence-corrected chi connectivity index (χ1v) is 9.32. The Bertz CT molecular complexity index is 930. The van der Waals surface area contributed by atoms with E-state index in [4.69, 9.17) is 13.9 Å². The summed E-state index contributed by atoms with van der Waals surface area (Å²) in [5.74, 6) is 0.660. The Morgan fingerprint density at radius 1 is 1.23 bits per heavy atom. The van der Waals surface area contributed by atoms with Crippen molar-refractivity contribution in [2.45, 2.75) is 18.9 Å². The second-order valence-corrected chi connectivity index (χ2v) is 7.05. The molecule has 0 saturated carbocycles. The van der Waals surface area contributed by atoms with E-state index in [0.29, 0.717) is 23.6 Å². The summed E-state index contributed by atoms with van der Waals surface area (Å²) in [6, 6.07) is 14.7. The van der Waals surface area contributed by atoms with E-state index in [0.717, 1.165) is 29.3 Å². The molecule has 1 aliphatic rings. The van der Waals surface area contributed by atoms with Gasteiger partial charge in [-0.25, -0.2) is 0 Å². The summed E-state index contributed by atoms with van der Waals surface area (Å²) in [4.78, 5) is 12.5. The first-order chi connectivity index (χ1) is 12.7. The van der Waals surface area contributed by atoms with E-state index in [-0.39, 0.29) is 17.8 Å². The van der Waals surface area contributed by atoms with Gasteiger partial charge in [-0.05, 0) is 53.0 Å². The third kappa shape index (κ3) is 3.76. The number of anilines is 1. The van der Waals surface area contributed by atoms with Crippen LogP contribution in [0, 0.1) is 0 Å². The predicted molar refractivity (Wildman–Crippen MR) is 103 cm³/mol. The van der Waals surface area contributed by atoms with Gasteiger partial charge in [-0.3, -0.25) is 4.79 Å². The summed E-state index contributed by atoms with van der Waals surface area (Å²) in [5, 5.41) is 3.72. The molecule has 6 heteroatoms. The molecule has 134 valence electrons. The molecular weight excluding hydrogens is 398 g/mol. The normalized spacial score (nSPS) is 16.7. The standard InChI is InChI=1S/C20H18BrNO4/c21-17-8-1-4-13-10-18(26-19(13)17)20(23)22-14-5-2-6-15(11-14)25-12-16-7-3-9-24-16/h1-2,4-6,8,10-11,16H,3,7,9,12H2,(H,22,23). The summed E-state index contributed by atoms with van der Waals surface area (Å²) in [5.41, 5.74) is 1.31. The van der Waals surface area contributed by atoms with Crippen molar-refractivity contribution in [1.29, 1.82) is 0 Å². The van der Waals surface area contributed by atoms with Crippen LogP contribution in [0.5, 0.6) is 5.75 Å². The van der Waals surface area contributed by atoms with E-state index in [9.17, 15) is 4.79 Å². The van der Waals surface area contributed by atoms with Gasteiger partial charge in [0.15, 0.2) is 5.76 Å². The van der Waals surface area contributed by atoms with Crippen LogP contribution in [0.4, 0.5) is 5.69 Å². The average Bonchev–Trinajstić information content (AvgIpc) is 3.30. The smallest absolute Gasteiger partial charge is 0.291 e. The summed E-state index contributed by atoms with van der Waals surface area (Å²) >= 11 is 3.43. The van der Waals surface area contributed by atoms with Crippen molar-refractivity contribution >= 4 is 38.5 Å². The SMILES string of the molecule is O=C(Nc1cccc(OCC2CCCO2)c1)c1cc2cccc(Br)c2o1. The second-order valence-electron chi connectivity index (χ2n) is 6.20.